The summed E-state index contributed by atoms with van der Waals surface area (Å²) in [5.74, 6) is 0. The fraction of sp³-hybridized carbons (Fsp3) is 0.643. The van der Waals surface area contributed by atoms with Crippen LogP contribution in [0, 0.1) is 0 Å². The molecule has 0 radical (unpaired) electrons. The van der Waals surface area contributed by atoms with Crippen molar-refractivity contribution in [2.45, 2.75) is 32.0 Å². The molecule has 4 nitrogen and oxygen atoms in total. The smallest absolute Gasteiger partial charge is 0.0645 e. The van der Waals surface area contributed by atoms with E-state index >= 15 is 0 Å². The Balaban J connectivity index is 1.73. The Hall–Kier alpha value is -1.13. The molecule has 3 rings (SSSR count). The average Bonchev–Trinajstić information content (AvgIpc) is 2.27. The molecule has 2 saturated heterocycles. The molecule has 2 atom stereocenters. The first-order valence-electron chi connectivity index (χ1n) is 6.76. The topological polar surface area (TPSA) is 28.6 Å². The second-order valence-electron chi connectivity index (χ2n) is 5.46. The molecule has 2 aliphatic heterocycles. The second-order valence-corrected chi connectivity index (χ2v) is 5.46. The molecule has 98 valence electrons. The van der Waals surface area contributed by atoms with Gasteiger partial charge in [0.2, 0.25) is 0 Å². The van der Waals surface area contributed by atoms with Crippen molar-refractivity contribution in [3.8, 4) is 0 Å². The van der Waals surface area contributed by atoms with E-state index in [1.54, 1.807) is 0 Å². The van der Waals surface area contributed by atoms with Gasteiger partial charge in [-0.05, 0) is 26.0 Å². The number of piperazine rings is 1. The van der Waals surface area contributed by atoms with Crippen LogP contribution in [0.25, 0.3) is 0 Å². The molecule has 1 aromatic rings. The summed E-state index contributed by atoms with van der Waals surface area (Å²) in [5.41, 5.74) is 1.24. The van der Waals surface area contributed by atoms with Gasteiger partial charge < -0.3 is 9.64 Å². The number of nitrogens with zero attached hydrogens (tertiary/aromatic N) is 3. The Labute approximate surface area is 109 Å². The summed E-state index contributed by atoms with van der Waals surface area (Å²) in [5, 5.41) is 0. The van der Waals surface area contributed by atoms with Crippen molar-refractivity contribution in [2.75, 3.05) is 31.2 Å². The third-order valence-electron chi connectivity index (χ3n) is 4.03. The number of anilines is 1. The van der Waals surface area contributed by atoms with Crippen LogP contribution in [0.2, 0.25) is 0 Å². The molecule has 0 aromatic carbocycles. The zero-order chi connectivity index (χ0) is 12.5. The van der Waals surface area contributed by atoms with E-state index in [2.05, 4.69) is 34.7 Å². The molecule has 0 N–H and O–H groups in total. The Kier molecular flexibility index (Phi) is 3.22. The van der Waals surface area contributed by atoms with Gasteiger partial charge in [-0.25, -0.2) is 0 Å². The van der Waals surface area contributed by atoms with E-state index in [1.807, 2.05) is 18.5 Å². The van der Waals surface area contributed by atoms with Crippen LogP contribution in [0.3, 0.4) is 0 Å². The van der Waals surface area contributed by atoms with Crippen LogP contribution in [-0.4, -0.2) is 54.3 Å². The molecule has 2 fully saturated rings. The molecule has 0 bridgehead atoms. The van der Waals surface area contributed by atoms with E-state index in [1.165, 1.54) is 5.69 Å². The van der Waals surface area contributed by atoms with Crippen molar-refractivity contribution < 1.29 is 4.74 Å². The van der Waals surface area contributed by atoms with E-state index < -0.39 is 0 Å². The number of ether oxygens (including phenoxy) is 1. The van der Waals surface area contributed by atoms with Crippen LogP contribution in [0.1, 0.15) is 13.8 Å². The van der Waals surface area contributed by atoms with Gasteiger partial charge in [0, 0.05) is 31.4 Å². The molecule has 2 aliphatic rings. The normalized spacial score (nSPS) is 30.2. The van der Waals surface area contributed by atoms with Gasteiger partial charge in [0.25, 0.3) is 0 Å². The van der Waals surface area contributed by atoms with Gasteiger partial charge in [-0.2, -0.15) is 0 Å². The van der Waals surface area contributed by atoms with Gasteiger partial charge in [-0.15, -0.1) is 0 Å². The maximum Gasteiger partial charge on any atom is 0.0645 e. The molecule has 0 spiro atoms. The Morgan fingerprint density at radius 3 is 2.44 bits per heavy atom. The maximum absolute atomic E-state index is 5.30. The SMILES string of the molecule is C[C@H]1CN(C2COC2)C[C@H](C)N1c1cccnc1. The van der Waals surface area contributed by atoms with Gasteiger partial charge in [0.15, 0.2) is 0 Å². The lowest BCUT2D eigenvalue weighted by molar-refractivity contribution is -0.0726. The molecule has 0 amide bonds. The molecule has 1 aromatic heterocycles. The molecule has 0 aliphatic carbocycles. The van der Waals surface area contributed by atoms with Gasteiger partial charge in [-0.1, -0.05) is 0 Å². The summed E-state index contributed by atoms with van der Waals surface area (Å²) in [6, 6.07) is 5.87. The molecular weight excluding hydrogens is 226 g/mol. The standard InChI is InChI=1S/C14H21N3O/c1-11-7-16(14-9-18-10-14)8-12(2)17(11)13-4-3-5-15-6-13/h3-6,11-12,14H,7-10H2,1-2H3/t11-,12-/m0/s1. The molecule has 18 heavy (non-hydrogen) atoms. The van der Waals surface area contributed by atoms with Crippen molar-refractivity contribution in [2.24, 2.45) is 0 Å². The molecule has 4 heteroatoms. The highest BCUT2D eigenvalue weighted by atomic mass is 16.5. The minimum atomic E-state index is 0.526. The number of rotatable bonds is 2. The van der Waals surface area contributed by atoms with E-state index in [0.717, 1.165) is 26.3 Å². The molecule has 0 saturated carbocycles. The zero-order valence-corrected chi connectivity index (χ0v) is 11.1. The van der Waals surface area contributed by atoms with Crippen LogP contribution in [0.15, 0.2) is 24.5 Å². The first-order valence-corrected chi connectivity index (χ1v) is 6.76. The number of hydrogen-bond donors (Lipinski definition) is 0. The maximum atomic E-state index is 5.30. The van der Waals surface area contributed by atoms with Crippen molar-refractivity contribution in [3.05, 3.63) is 24.5 Å². The van der Waals surface area contributed by atoms with E-state index in [4.69, 9.17) is 4.74 Å². The van der Waals surface area contributed by atoms with Crippen molar-refractivity contribution in [1.82, 2.24) is 9.88 Å². The molecule has 0 unspecified atom stereocenters. The fourth-order valence-corrected chi connectivity index (χ4v) is 3.11. The lowest BCUT2D eigenvalue weighted by Gasteiger charge is -2.49. The quantitative estimate of drug-likeness (QED) is 0.789. The number of pyridine rings is 1. The highest BCUT2D eigenvalue weighted by Gasteiger charge is 2.35. The largest absolute Gasteiger partial charge is 0.378 e. The third-order valence-corrected chi connectivity index (χ3v) is 4.03. The Bertz CT molecular complexity index is 381. The van der Waals surface area contributed by atoms with Gasteiger partial charge >= 0.3 is 0 Å². The monoisotopic (exact) mass is 247 g/mol. The van der Waals surface area contributed by atoms with Gasteiger partial charge in [-0.3, -0.25) is 9.88 Å². The van der Waals surface area contributed by atoms with E-state index in [0.29, 0.717) is 18.1 Å². The predicted octanol–water partition coefficient (Wildman–Crippen LogP) is 1.38. The van der Waals surface area contributed by atoms with Crippen molar-refractivity contribution >= 4 is 5.69 Å². The highest BCUT2D eigenvalue weighted by molar-refractivity contribution is 5.46. The minimum absolute atomic E-state index is 0.526. The summed E-state index contributed by atoms with van der Waals surface area (Å²) in [7, 11) is 0. The lowest BCUT2D eigenvalue weighted by atomic mass is 10.0. The lowest BCUT2D eigenvalue weighted by Crippen LogP contribution is -2.62. The Morgan fingerprint density at radius 2 is 1.94 bits per heavy atom. The van der Waals surface area contributed by atoms with Crippen molar-refractivity contribution in [1.29, 1.82) is 0 Å². The van der Waals surface area contributed by atoms with E-state index in [9.17, 15) is 0 Å². The highest BCUT2D eigenvalue weighted by Crippen LogP contribution is 2.25. The third kappa shape index (κ3) is 2.10. The molecular formula is C14H21N3O. The predicted molar refractivity (Wildman–Crippen MR) is 71.8 cm³/mol. The number of aromatic nitrogens is 1. The van der Waals surface area contributed by atoms with Gasteiger partial charge in [0.1, 0.15) is 0 Å². The van der Waals surface area contributed by atoms with Crippen molar-refractivity contribution in [3.63, 3.8) is 0 Å². The summed E-state index contributed by atoms with van der Waals surface area (Å²) in [6.45, 7) is 8.66. The van der Waals surface area contributed by atoms with Crippen LogP contribution in [0.5, 0.6) is 0 Å². The van der Waals surface area contributed by atoms with Gasteiger partial charge in [0.05, 0.1) is 31.1 Å². The summed E-state index contributed by atoms with van der Waals surface area (Å²) in [4.78, 5) is 9.30. The first kappa shape index (κ1) is 11.9. The average molecular weight is 247 g/mol. The summed E-state index contributed by atoms with van der Waals surface area (Å²) < 4.78 is 5.30. The summed E-state index contributed by atoms with van der Waals surface area (Å²) >= 11 is 0. The van der Waals surface area contributed by atoms with Crippen LogP contribution in [-0.2, 0) is 4.74 Å². The number of hydrogen-bond acceptors (Lipinski definition) is 4. The zero-order valence-electron chi connectivity index (χ0n) is 11.1. The van der Waals surface area contributed by atoms with Crippen LogP contribution < -0.4 is 4.90 Å². The fourth-order valence-electron chi connectivity index (χ4n) is 3.11. The molecule has 3 heterocycles. The second kappa shape index (κ2) is 4.86. The summed E-state index contributed by atoms with van der Waals surface area (Å²) in [6.07, 6.45) is 3.80. The van der Waals surface area contributed by atoms with Crippen LogP contribution in [0.4, 0.5) is 5.69 Å². The minimum Gasteiger partial charge on any atom is -0.378 e. The van der Waals surface area contributed by atoms with E-state index in [-0.39, 0.29) is 0 Å². The Morgan fingerprint density at radius 1 is 1.22 bits per heavy atom. The first-order chi connectivity index (χ1) is 8.75. The van der Waals surface area contributed by atoms with Crippen LogP contribution >= 0.6 is 0 Å².